The summed E-state index contributed by atoms with van der Waals surface area (Å²) in [7, 11) is 0. The minimum absolute atomic E-state index is 0.615. The van der Waals surface area contributed by atoms with E-state index in [2.05, 4.69) is 26.1 Å². The molecule has 0 radical (unpaired) electrons. The highest BCUT2D eigenvalue weighted by Crippen LogP contribution is 2.37. The Labute approximate surface area is 101 Å². The van der Waals surface area contributed by atoms with Gasteiger partial charge in [-0.05, 0) is 49.4 Å². The summed E-state index contributed by atoms with van der Waals surface area (Å²) in [5.74, 6) is 1.86. The number of nitrogens with one attached hydrogen (secondary N) is 1. The first-order chi connectivity index (χ1) is 7.57. The molecule has 2 aliphatic carbocycles. The molecule has 2 atom stereocenters. The standard InChI is InChI=1S/C15H29N/c1-12-8-13(2)10-14(9-12)16-11-15(3)6-4-5-7-15/h12-14,16H,4-11H2,1-3H3. The van der Waals surface area contributed by atoms with E-state index in [1.54, 1.807) is 0 Å². The molecule has 1 N–H and O–H groups in total. The summed E-state index contributed by atoms with van der Waals surface area (Å²) < 4.78 is 0. The predicted molar refractivity (Wildman–Crippen MR) is 70.5 cm³/mol. The summed E-state index contributed by atoms with van der Waals surface area (Å²) >= 11 is 0. The van der Waals surface area contributed by atoms with Crippen molar-refractivity contribution in [1.82, 2.24) is 5.32 Å². The maximum absolute atomic E-state index is 3.86. The summed E-state index contributed by atoms with van der Waals surface area (Å²) in [5.41, 5.74) is 0.615. The van der Waals surface area contributed by atoms with Crippen LogP contribution in [0.15, 0.2) is 0 Å². The van der Waals surface area contributed by atoms with Gasteiger partial charge in [-0.25, -0.2) is 0 Å². The number of rotatable bonds is 3. The summed E-state index contributed by atoms with van der Waals surface area (Å²) in [6.45, 7) is 8.57. The molecule has 94 valence electrons. The van der Waals surface area contributed by atoms with Crippen molar-refractivity contribution in [3.05, 3.63) is 0 Å². The van der Waals surface area contributed by atoms with Crippen LogP contribution in [0.4, 0.5) is 0 Å². The smallest absolute Gasteiger partial charge is 0.00723 e. The third-order valence-electron chi connectivity index (χ3n) is 4.81. The van der Waals surface area contributed by atoms with Crippen molar-refractivity contribution < 1.29 is 0 Å². The van der Waals surface area contributed by atoms with Gasteiger partial charge < -0.3 is 5.32 Å². The van der Waals surface area contributed by atoms with E-state index in [9.17, 15) is 0 Å². The van der Waals surface area contributed by atoms with Crippen LogP contribution < -0.4 is 5.32 Å². The molecule has 2 fully saturated rings. The lowest BCUT2D eigenvalue weighted by atomic mass is 9.79. The van der Waals surface area contributed by atoms with Crippen molar-refractivity contribution in [2.45, 2.75) is 71.8 Å². The van der Waals surface area contributed by atoms with Crippen molar-refractivity contribution >= 4 is 0 Å². The fourth-order valence-corrected chi connectivity index (χ4v) is 3.91. The lowest BCUT2D eigenvalue weighted by molar-refractivity contribution is 0.211. The molecule has 2 aliphatic rings. The van der Waals surface area contributed by atoms with Crippen molar-refractivity contribution in [3.63, 3.8) is 0 Å². The molecular weight excluding hydrogens is 194 g/mol. The molecule has 0 saturated heterocycles. The first-order valence-corrected chi connectivity index (χ1v) is 7.31. The van der Waals surface area contributed by atoms with E-state index in [1.807, 2.05) is 0 Å². The minimum atomic E-state index is 0.615. The van der Waals surface area contributed by atoms with Crippen LogP contribution in [-0.4, -0.2) is 12.6 Å². The highest BCUT2D eigenvalue weighted by molar-refractivity contribution is 4.86. The molecule has 0 aromatic heterocycles. The van der Waals surface area contributed by atoms with Crippen LogP contribution in [-0.2, 0) is 0 Å². The van der Waals surface area contributed by atoms with Gasteiger partial charge in [0.2, 0.25) is 0 Å². The number of hydrogen-bond acceptors (Lipinski definition) is 1. The Hall–Kier alpha value is -0.0400. The topological polar surface area (TPSA) is 12.0 Å². The summed E-state index contributed by atoms with van der Waals surface area (Å²) in [4.78, 5) is 0. The zero-order valence-corrected chi connectivity index (χ0v) is 11.4. The summed E-state index contributed by atoms with van der Waals surface area (Å²) in [6, 6.07) is 0.802. The maximum Gasteiger partial charge on any atom is 0.00723 e. The third-order valence-corrected chi connectivity index (χ3v) is 4.81. The van der Waals surface area contributed by atoms with Gasteiger partial charge in [0.25, 0.3) is 0 Å². The van der Waals surface area contributed by atoms with E-state index >= 15 is 0 Å². The van der Waals surface area contributed by atoms with E-state index < -0.39 is 0 Å². The number of hydrogen-bond donors (Lipinski definition) is 1. The Kier molecular flexibility index (Phi) is 3.94. The second kappa shape index (κ2) is 5.08. The second-order valence-corrected chi connectivity index (χ2v) is 7.01. The molecule has 1 nitrogen and oxygen atoms in total. The highest BCUT2D eigenvalue weighted by Gasteiger charge is 2.30. The van der Waals surface area contributed by atoms with Crippen LogP contribution in [0.3, 0.4) is 0 Å². The lowest BCUT2D eigenvalue weighted by Crippen LogP contribution is -2.41. The van der Waals surface area contributed by atoms with Gasteiger partial charge in [-0.2, -0.15) is 0 Å². The predicted octanol–water partition coefficient (Wildman–Crippen LogP) is 3.98. The van der Waals surface area contributed by atoms with Crippen LogP contribution in [0.25, 0.3) is 0 Å². The Balaban J connectivity index is 1.76. The monoisotopic (exact) mass is 223 g/mol. The first-order valence-electron chi connectivity index (χ1n) is 7.31. The van der Waals surface area contributed by atoms with Crippen LogP contribution in [0, 0.1) is 17.3 Å². The van der Waals surface area contributed by atoms with Gasteiger partial charge >= 0.3 is 0 Å². The molecule has 2 unspecified atom stereocenters. The van der Waals surface area contributed by atoms with Crippen LogP contribution in [0.2, 0.25) is 0 Å². The van der Waals surface area contributed by atoms with Gasteiger partial charge in [0.15, 0.2) is 0 Å². The largest absolute Gasteiger partial charge is 0.313 e. The van der Waals surface area contributed by atoms with Gasteiger partial charge in [0.05, 0.1) is 0 Å². The zero-order valence-electron chi connectivity index (χ0n) is 11.4. The van der Waals surface area contributed by atoms with Gasteiger partial charge in [-0.15, -0.1) is 0 Å². The van der Waals surface area contributed by atoms with Crippen molar-refractivity contribution in [3.8, 4) is 0 Å². The van der Waals surface area contributed by atoms with Crippen LogP contribution in [0.1, 0.15) is 65.7 Å². The van der Waals surface area contributed by atoms with Crippen molar-refractivity contribution in [2.75, 3.05) is 6.54 Å². The van der Waals surface area contributed by atoms with Crippen molar-refractivity contribution in [1.29, 1.82) is 0 Å². The third kappa shape index (κ3) is 3.23. The van der Waals surface area contributed by atoms with Gasteiger partial charge in [-0.1, -0.05) is 33.6 Å². The maximum atomic E-state index is 3.86. The van der Waals surface area contributed by atoms with E-state index in [0.717, 1.165) is 17.9 Å². The quantitative estimate of drug-likeness (QED) is 0.763. The molecule has 0 heterocycles. The Morgan fingerprint density at radius 1 is 1.00 bits per heavy atom. The molecule has 0 bridgehead atoms. The molecule has 0 aliphatic heterocycles. The molecule has 16 heavy (non-hydrogen) atoms. The molecule has 1 heteroatoms. The Morgan fingerprint density at radius 3 is 2.12 bits per heavy atom. The zero-order chi connectivity index (χ0) is 11.6. The van der Waals surface area contributed by atoms with E-state index in [1.165, 1.54) is 51.5 Å². The van der Waals surface area contributed by atoms with E-state index in [4.69, 9.17) is 0 Å². The van der Waals surface area contributed by atoms with Gasteiger partial charge in [-0.3, -0.25) is 0 Å². The molecule has 0 spiro atoms. The molecule has 0 amide bonds. The summed E-state index contributed by atoms with van der Waals surface area (Å²) in [6.07, 6.45) is 10.0. The van der Waals surface area contributed by atoms with E-state index in [-0.39, 0.29) is 0 Å². The van der Waals surface area contributed by atoms with Gasteiger partial charge in [0, 0.05) is 12.6 Å². The van der Waals surface area contributed by atoms with Gasteiger partial charge in [0.1, 0.15) is 0 Å². The normalized spacial score (nSPS) is 38.8. The average molecular weight is 223 g/mol. The first kappa shape index (κ1) is 12.4. The second-order valence-electron chi connectivity index (χ2n) is 7.01. The Morgan fingerprint density at radius 2 is 1.56 bits per heavy atom. The molecule has 0 aromatic carbocycles. The fourth-order valence-electron chi connectivity index (χ4n) is 3.91. The van der Waals surface area contributed by atoms with E-state index in [0.29, 0.717) is 5.41 Å². The Bertz CT molecular complexity index is 207. The summed E-state index contributed by atoms with van der Waals surface area (Å²) in [5, 5.41) is 3.86. The molecule has 2 rings (SSSR count). The minimum Gasteiger partial charge on any atom is -0.313 e. The van der Waals surface area contributed by atoms with Crippen LogP contribution >= 0.6 is 0 Å². The highest BCUT2D eigenvalue weighted by atomic mass is 14.9. The van der Waals surface area contributed by atoms with Crippen LogP contribution in [0.5, 0.6) is 0 Å². The lowest BCUT2D eigenvalue weighted by Gasteiger charge is -2.35. The molecule has 0 aromatic rings. The molecular formula is C15H29N. The van der Waals surface area contributed by atoms with Crippen molar-refractivity contribution in [2.24, 2.45) is 17.3 Å². The fraction of sp³-hybridized carbons (Fsp3) is 1.00. The average Bonchev–Trinajstić information content (AvgIpc) is 2.62. The SMILES string of the molecule is CC1CC(C)CC(NCC2(C)CCCC2)C1. The molecule has 2 saturated carbocycles.